The lowest BCUT2D eigenvalue weighted by atomic mass is 9.92. The van der Waals surface area contributed by atoms with Crippen molar-refractivity contribution >= 4 is 11.6 Å². The third-order valence-corrected chi connectivity index (χ3v) is 3.97. The van der Waals surface area contributed by atoms with Crippen LogP contribution in [0.2, 0.25) is 5.02 Å². The maximum absolute atomic E-state index is 13.5. The van der Waals surface area contributed by atoms with Crippen molar-refractivity contribution in [2.75, 3.05) is 7.05 Å². The topological polar surface area (TPSA) is 12.0 Å². The zero-order valence-corrected chi connectivity index (χ0v) is 12.8. The molecule has 3 heteroatoms. The van der Waals surface area contributed by atoms with Crippen molar-refractivity contribution < 1.29 is 4.39 Å². The molecule has 0 fully saturated rings. The van der Waals surface area contributed by atoms with E-state index in [4.69, 9.17) is 11.6 Å². The van der Waals surface area contributed by atoms with Gasteiger partial charge in [0.15, 0.2) is 0 Å². The van der Waals surface area contributed by atoms with Crippen LogP contribution in [0.4, 0.5) is 4.39 Å². The Labute approximate surface area is 124 Å². The molecular formula is C17H19ClFN. The Kier molecular flexibility index (Phi) is 4.79. The van der Waals surface area contributed by atoms with Crippen LogP contribution < -0.4 is 5.32 Å². The zero-order valence-electron chi connectivity index (χ0n) is 12.0. The molecule has 0 aliphatic carbocycles. The maximum atomic E-state index is 13.5. The molecule has 2 aromatic rings. The predicted molar refractivity (Wildman–Crippen MR) is 82.8 cm³/mol. The SMILES string of the molecule is CNC(Cc1ccc(Cl)c(F)c1)c1c(C)cccc1C. The van der Waals surface area contributed by atoms with Crippen molar-refractivity contribution in [3.63, 3.8) is 0 Å². The van der Waals surface area contributed by atoms with E-state index in [1.807, 2.05) is 13.1 Å². The standard InChI is InChI=1S/C17H19ClFN/c1-11-5-4-6-12(2)17(11)16(20-3)10-13-7-8-14(18)15(19)9-13/h4-9,16,20H,10H2,1-3H3. The predicted octanol–water partition coefficient (Wildman–Crippen LogP) is 4.60. The van der Waals surface area contributed by atoms with Crippen LogP contribution in [0.3, 0.4) is 0 Å². The zero-order chi connectivity index (χ0) is 14.7. The minimum Gasteiger partial charge on any atom is -0.313 e. The van der Waals surface area contributed by atoms with Gasteiger partial charge in [-0.3, -0.25) is 0 Å². The minimum atomic E-state index is -0.361. The van der Waals surface area contributed by atoms with E-state index in [9.17, 15) is 4.39 Å². The van der Waals surface area contributed by atoms with Gasteiger partial charge in [0.1, 0.15) is 5.82 Å². The van der Waals surface area contributed by atoms with E-state index in [2.05, 4.69) is 37.4 Å². The molecule has 20 heavy (non-hydrogen) atoms. The Bertz CT molecular complexity index is 590. The Morgan fingerprint density at radius 3 is 2.35 bits per heavy atom. The summed E-state index contributed by atoms with van der Waals surface area (Å²) in [5, 5.41) is 3.50. The van der Waals surface area contributed by atoms with E-state index in [0.717, 1.165) is 12.0 Å². The van der Waals surface area contributed by atoms with Gasteiger partial charge in [0, 0.05) is 6.04 Å². The largest absolute Gasteiger partial charge is 0.313 e. The Morgan fingerprint density at radius 1 is 1.15 bits per heavy atom. The lowest BCUT2D eigenvalue weighted by Gasteiger charge is -2.21. The summed E-state index contributed by atoms with van der Waals surface area (Å²) in [4.78, 5) is 0. The van der Waals surface area contributed by atoms with Crippen molar-refractivity contribution in [3.05, 3.63) is 69.5 Å². The molecule has 1 unspecified atom stereocenters. The van der Waals surface area contributed by atoms with Gasteiger partial charge < -0.3 is 5.32 Å². The van der Waals surface area contributed by atoms with E-state index in [0.29, 0.717) is 0 Å². The molecule has 0 radical (unpaired) electrons. The fraction of sp³-hybridized carbons (Fsp3) is 0.294. The highest BCUT2D eigenvalue weighted by molar-refractivity contribution is 6.30. The lowest BCUT2D eigenvalue weighted by Crippen LogP contribution is -2.21. The third-order valence-electron chi connectivity index (χ3n) is 3.66. The quantitative estimate of drug-likeness (QED) is 0.868. The monoisotopic (exact) mass is 291 g/mol. The van der Waals surface area contributed by atoms with E-state index in [1.165, 1.54) is 22.8 Å². The van der Waals surface area contributed by atoms with Gasteiger partial charge in [-0.25, -0.2) is 4.39 Å². The van der Waals surface area contributed by atoms with Gasteiger partial charge >= 0.3 is 0 Å². The summed E-state index contributed by atoms with van der Waals surface area (Å²) in [7, 11) is 1.93. The Morgan fingerprint density at radius 2 is 1.80 bits per heavy atom. The number of aryl methyl sites for hydroxylation is 2. The molecule has 1 nitrogen and oxygen atoms in total. The van der Waals surface area contributed by atoms with Crippen LogP contribution in [0.1, 0.15) is 28.3 Å². The Balaban J connectivity index is 2.31. The molecule has 0 aromatic heterocycles. The number of rotatable bonds is 4. The second-order valence-corrected chi connectivity index (χ2v) is 5.51. The fourth-order valence-electron chi connectivity index (χ4n) is 2.63. The molecule has 0 aliphatic rings. The second kappa shape index (κ2) is 6.38. The van der Waals surface area contributed by atoms with E-state index >= 15 is 0 Å². The van der Waals surface area contributed by atoms with Crippen LogP contribution in [0.15, 0.2) is 36.4 Å². The first-order valence-corrected chi connectivity index (χ1v) is 7.08. The molecule has 2 aromatic carbocycles. The molecule has 0 spiro atoms. The minimum absolute atomic E-state index is 0.164. The van der Waals surface area contributed by atoms with Gasteiger partial charge in [-0.2, -0.15) is 0 Å². The molecule has 0 saturated carbocycles. The van der Waals surface area contributed by atoms with Crippen LogP contribution >= 0.6 is 11.6 Å². The molecule has 0 bridgehead atoms. The van der Waals surface area contributed by atoms with Gasteiger partial charge in [-0.05, 0) is 61.7 Å². The number of likely N-dealkylation sites (N-methyl/N-ethyl adjacent to an activating group) is 1. The first-order chi connectivity index (χ1) is 9.52. The van der Waals surface area contributed by atoms with E-state index in [1.54, 1.807) is 6.07 Å². The van der Waals surface area contributed by atoms with Gasteiger partial charge in [0.05, 0.1) is 5.02 Å². The maximum Gasteiger partial charge on any atom is 0.142 e. The van der Waals surface area contributed by atoms with Crippen LogP contribution in [-0.4, -0.2) is 7.05 Å². The van der Waals surface area contributed by atoms with E-state index < -0.39 is 0 Å². The molecule has 1 N–H and O–H groups in total. The molecule has 0 saturated heterocycles. The van der Waals surface area contributed by atoms with Gasteiger partial charge in [0.2, 0.25) is 0 Å². The summed E-state index contributed by atoms with van der Waals surface area (Å²) in [6.07, 6.45) is 0.732. The average molecular weight is 292 g/mol. The fourth-order valence-corrected chi connectivity index (χ4v) is 2.75. The molecule has 0 amide bonds. The average Bonchev–Trinajstić information content (AvgIpc) is 2.41. The third kappa shape index (κ3) is 3.20. The Hall–Kier alpha value is -1.38. The normalized spacial score (nSPS) is 12.4. The molecule has 1 atom stereocenters. The summed E-state index contributed by atoms with van der Waals surface area (Å²) in [6.45, 7) is 4.21. The van der Waals surface area contributed by atoms with E-state index in [-0.39, 0.29) is 16.9 Å². The first kappa shape index (κ1) is 15.0. The van der Waals surface area contributed by atoms with Crippen LogP contribution in [0.5, 0.6) is 0 Å². The van der Waals surface area contributed by atoms with Crippen LogP contribution in [-0.2, 0) is 6.42 Å². The number of benzene rings is 2. The number of hydrogen-bond donors (Lipinski definition) is 1. The van der Waals surface area contributed by atoms with Gasteiger partial charge in [-0.15, -0.1) is 0 Å². The summed E-state index contributed by atoms with van der Waals surface area (Å²) in [5.74, 6) is -0.361. The van der Waals surface area contributed by atoms with Crippen molar-refractivity contribution in [2.45, 2.75) is 26.3 Å². The summed E-state index contributed by atoms with van der Waals surface area (Å²) < 4.78 is 13.5. The number of hydrogen-bond acceptors (Lipinski definition) is 1. The number of nitrogens with one attached hydrogen (secondary N) is 1. The summed E-state index contributed by atoms with van der Waals surface area (Å²) in [6, 6.07) is 11.4. The van der Waals surface area contributed by atoms with Crippen LogP contribution in [0.25, 0.3) is 0 Å². The first-order valence-electron chi connectivity index (χ1n) is 6.70. The van der Waals surface area contributed by atoms with Crippen molar-refractivity contribution in [2.24, 2.45) is 0 Å². The van der Waals surface area contributed by atoms with Crippen molar-refractivity contribution in [1.29, 1.82) is 0 Å². The second-order valence-electron chi connectivity index (χ2n) is 5.10. The summed E-state index contributed by atoms with van der Waals surface area (Å²) >= 11 is 5.73. The van der Waals surface area contributed by atoms with Crippen molar-refractivity contribution in [3.8, 4) is 0 Å². The van der Waals surface area contributed by atoms with Crippen molar-refractivity contribution in [1.82, 2.24) is 5.32 Å². The van der Waals surface area contributed by atoms with Crippen LogP contribution in [0, 0.1) is 19.7 Å². The molecular weight excluding hydrogens is 273 g/mol. The molecule has 106 valence electrons. The highest BCUT2D eigenvalue weighted by Gasteiger charge is 2.15. The smallest absolute Gasteiger partial charge is 0.142 e. The number of halogens is 2. The highest BCUT2D eigenvalue weighted by atomic mass is 35.5. The summed E-state index contributed by atoms with van der Waals surface area (Å²) in [5.41, 5.74) is 4.72. The lowest BCUT2D eigenvalue weighted by molar-refractivity contribution is 0.579. The molecule has 2 rings (SSSR count). The molecule has 0 aliphatic heterocycles. The van der Waals surface area contributed by atoms with Gasteiger partial charge in [0.25, 0.3) is 0 Å². The molecule has 0 heterocycles. The van der Waals surface area contributed by atoms with Gasteiger partial charge in [-0.1, -0.05) is 35.9 Å². The highest BCUT2D eigenvalue weighted by Crippen LogP contribution is 2.26.